The van der Waals surface area contributed by atoms with Gasteiger partial charge in [-0.25, -0.2) is 8.78 Å². The van der Waals surface area contributed by atoms with E-state index in [1.165, 1.54) is 0 Å². The lowest BCUT2D eigenvalue weighted by Gasteiger charge is -2.18. The van der Waals surface area contributed by atoms with E-state index in [1.807, 2.05) is 0 Å². The van der Waals surface area contributed by atoms with E-state index in [-0.39, 0.29) is 42.0 Å². The van der Waals surface area contributed by atoms with Gasteiger partial charge in [-0.1, -0.05) is 28.3 Å². The summed E-state index contributed by atoms with van der Waals surface area (Å²) in [6.07, 6.45) is 0.116. The van der Waals surface area contributed by atoms with Gasteiger partial charge in [-0.05, 0) is 17.5 Å². The smallest absolute Gasteiger partial charge is 0.227 e. The van der Waals surface area contributed by atoms with Crippen LogP contribution < -0.4 is 4.90 Å². The maximum atomic E-state index is 13.9. The van der Waals surface area contributed by atoms with Crippen molar-refractivity contribution < 1.29 is 13.6 Å². The Morgan fingerprint density at radius 2 is 2.15 bits per heavy atom. The molecule has 1 unspecified atom stereocenters. The third-order valence-electron chi connectivity index (χ3n) is 2.98. The fourth-order valence-electron chi connectivity index (χ4n) is 2.05. The SMILES string of the molecule is [N-]=[N+]=NCC1CC(=O)N(c2cc(Cl)c(F)c(Cl)c2F)C1. The quantitative estimate of drug-likeness (QED) is 0.273. The molecule has 1 aromatic carbocycles. The third kappa shape index (κ3) is 2.65. The number of carbonyl (C=O) groups is 1. The van der Waals surface area contributed by atoms with Gasteiger partial charge in [-0.3, -0.25) is 4.79 Å². The van der Waals surface area contributed by atoms with Crippen LogP contribution >= 0.6 is 23.2 Å². The Morgan fingerprint density at radius 3 is 2.80 bits per heavy atom. The van der Waals surface area contributed by atoms with Crippen LogP contribution in [0.1, 0.15) is 6.42 Å². The van der Waals surface area contributed by atoms with Crippen molar-refractivity contribution in [1.29, 1.82) is 0 Å². The van der Waals surface area contributed by atoms with Crippen molar-refractivity contribution in [2.45, 2.75) is 6.42 Å². The molecule has 106 valence electrons. The minimum absolute atomic E-state index is 0.116. The molecule has 1 atom stereocenters. The highest BCUT2D eigenvalue weighted by Crippen LogP contribution is 2.36. The van der Waals surface area contributed by atoms with Gasteiger partial charge in [-0.15, -0.1) is 0 Å². The highest BCUT2D eigenvalue weighted by atomic mass is 35.5. The number of rotatable bonds is 3. The van der Waals surface area contributed by atoms with Crippen molar-refractivity contribution in [3.8, 4) is 0 Å². The van der Waals surface area contributed by atoms with Gasteiger partial charge >= 0.3 is 0 Å². The van der Waals surface area contributed by atoms with Gasteiger partial charge in [0, 0.05) is 24.4 Å². The molecule has 0 aromatic heterocycles. The predicted octanol–water partition coefficient (Wildman–Crippen LogP) is 3.93. The molecular weight excluding hydrogens is 313 g/mol. The molecule has 9 heteroatoms. The molecule has 0 N–H and O–H groups in total. The number of hydrogen-bond acceptors (Lipinski definition) is 2. The number of benzene rings is 1. The number of nitrogens with zero attached hydrogens (tertiary/aromatic N) is 4. The predicted molar refractivity (Wildman–Crippen MR) is 70.9 cm³/mol. The van der Waals surface area contributed by atoms with Gasteiger partial charge < -0.3 is 4.90 Å². The molecule has 1 fully saturated rings. The second-order valence-corrected chi connectivity index (χ2v) is 5.09. The first-order valence-corrected chi connectivity index (χ1v) is 6.35. The second kappa shape index (κ2) is 5.83. The Labute approximate surface area is 122 Å². The number of halogens is 4. The Hall–Kier alpha value is -1.56. The van der Waals surface area contributed by atoms with Gasteiger partial charge in [0.05, 0.1) is 10.7 Å². The fourth-order valence-corrected chi connectivity index (χ4v) is 2.49. The third-order valence-corrected chi connectivity index (χ3v) is 3.59. The average molecular weight is 321 g/mol. The molecule has 1 amide bonds. The first-order chi connectivity index (χ1) is 9.45. The topological polar surface area (TPSA) is 69.1 Å². The lowest BCUT2D eigenvalue weighted by molar-refractivity contribution is -0.117. The zero-order chi connectivity index (χ0) is 14.9. The summed E-state index contributed by atoms with van der Waals surface area (Å²) in [5, 5.41) is 2.27. The number of hydrogen-bond donors (Lipinski definition) is 0. The summed E-state index contributed by atoms with van der Waals surface area (Å²) in [7, 11) is 0. The molecule has 1 heterocycles. The van der Waals surface area contributed by atoms with E-state index in [4.69, 9.17) is 28.7 Å². The van der Waals surface area contributed by atoms with Crippen LogP contribution in [0.3, 0.4) is 0 Å². The average Bonchev–Trinajstić information content (AvgIpc) is 2.79. The Kier molecular flexibility index (Phi) is 4.32. The summed E-state index contributed by atoms with van der Waals surface area (Å²) in [5.41, 5.74) is 8.07. The number of azide groups is 1. The molecule has 1 aromatic rings. The lowest BCUT2D eigenvalue weighted by Crippen LogP contribution is -2.26. The molecule has 1 saturated heterocycles. The van der Waals surface area contributed by atoms with Crippen LogP contribution in [0.25, 0.3) is 10.4 Å². The van der Waals surface area contributed by atoms with E-state index in [0.717, 1.165) is 11.0 Å². The molecule has 0 bridgehead atoms. The summed E-state index contributed by atoms with van der Waals surface area (Å²) in [4.78, 5) is 15.6. The first-order valence-electron chi connectivity index (χ1n) is 5.60. The van der Waals surface area contributed by atoms with Gasteiger partial charge in [0.25, 0.3) is 0 Å². The minimum atomic E-state index is -1.06. The van der Waals surface area contributed by atoms with E-state index < -0.39 is 16.7 Å². The Balaban J connectivity index is 2.33. The molecule has 0 aliphatic carbocycles. The van der Waals surface area contributed by atoms with E-state index in [2.05, 4.69) is 10.0 Å². The summed E-state index contributed by atoms with van der Waals surface area (Å²) in [6, 6.07) is 1.02. The normalized spacial score (nSPS) is 18.3. The second-order valence-electron chi connectivity index (χ2n) is 4.31. The Morgan fingerprint density at radius 1 is 1.45 bits per heavy atom. The van der Waals surface area contributed by atoms with Crippen molar-refractivity contribution in [2.24, 2.45) is 11.0 Å². The van der Waals surface area contributed by atoms with Gasteiger partial charge in [0.2, 0.25) is 5.91 Å². The van der Waals surface area contributed by atoms with E-state index in [9.17, 15) is 13.6 Å². The van der Waals surface area contributed by atoms with Crippen LogP contribution in [0, 0.1) is 17.6 Å². The molecule has 1 aliphatic rings. The lowest BCUT2D eigenvalue weighted by atomic mass is 10.1. The molecule has 1 aliphatic heterocycles. The molecule has 0 saturated carbocycles. The van der Waals surface area contributed by atoms with Crippen molar-refractivity contribution >= 4 is 34.8 Å². The summed E-state index contributed by atoms with van der Waals surface area (Å²) in [6.45, 7) is 0.288. The Bertz CT molecular complexity index is 619. The minimum Gasteiger partial charge on any atom is -0.309 e. The molecule has 20 heavy (non-hydrogen) atoms. The zero-order valence-corrected chi connectivity index (χ0v) is 11.5. The molecular formula is C11H8Cl2F2N4O. The van der Waals surface area contributed by atoms with Crippen molar-refractivity contribution in [1.82, 2.24) is 0 Å². The van der Waals surface area contributed by atoms with Crippen LogP contribution in [0.15, 0.2) is 11.2 Å². The summed E-state index contributed by atoms with van der Waals surface area (Å²) >= 11 is 11.1. The van der Waals surface area contributed by atoms with Gasteiger partial charge in [0.15, 0.2) is 11.6 Å². The zero-order valence-electron chi connectivity index (χ0n) is 9.98. The number of anilines is 1. The number of carbonyl (C=O) groups excluding carboxylic acids is 1. The van der Waals surface area contributed by atoms with Crippen molar-refractivity contribution in [2.75, 3.05) is 18.0 Å². The largest absolute Gasteiger partial charge is 0.309 e. The maximum absolute atomic E-state index is 13.9. The standard InChI is InChI=1S/C11H8Cl2F2N4O/c12-6-2-7(11(15)9(13)10(6)14)19-4-5(1-8(19)20)3-17-18-16/h2,5H,1,3-4H2. The van der Waals surface area contributed by atoms with Crippen molar-refractivity contribution in [3.63, 3.8) is 0 Å². The molecule has 0 radical (unpaired) electrons. The molecule has 2 rings (SSSR count). The van der Waals surface area contributed by atoms with Crippen LogP contribution in [0.5, 0.6) is 0 Å². The number of amides is 1. The van der Waals surface area contributed by atoms with Crippen LogP contribution in [0.4, 0.5) is 14.5 Å². The molecule has 5 nitrogen and oxygen atoms in total. The first kappa shape index (κ1) is 14.8. The highest BCUT2D eigenvalue weighted by molar-refractivity contribution is 6.35. The van der Waals surface area contributed by atoms with E-state index in [1.54, 1.807) is 0 Å². The monoisotopic (exact) mass is 320 g/mol. The summed E-state index contributed by atoms with van der Waals surface area (Å²) < 4.78 is 27.3. The van der Waals surface area contributed by atoms with E-state index in [0.29, 0.717) is 0 Å². The van der Waals surface area contributed by atoms with Gasteiger partial charge in [-0.2, -0.15) is 0 Å². The van der Waals surface area contributed by atoms with Crippen molar-refractivity contribution in [3.05, 3.63) is 38.2 Å². The van der Waals surface area contributed by atoms with Crippen LogP contribution in [-0.4, -0.2) is 19.0 Å². The van der Waals surface area contributed by atoms with Gasteiger partial charge in [0.1, 0.15) is 5.02 Å². The summed E-state index contributed by atoms with van der Waals surface area (Å²) in [5.74, 6) is -2.68. The molecule has 0 spiro atoms. The van der Waals surface area contributed by atoms with E-state index >= 15 is 0 Å². The fraction of sp³-hybridized carbons (Fsp3) is 0.364. The van der Waals surface area contributed by atoms with Crippen LogP contribution in [0.2, 0.25) is 10.0 Å². The highest BCUT2D eigenvalue weighted by Gasteiger charge is 2.33. The maximum Gasteiger partial charge on any atom is 0.227 e. The van der Waals surface area contributed by atoms with Crippen LogP contribution in [-0.2, 0) is 4.79 Å².